The van der Waals surface area contributed by atoms with E-state index in [4.69, 9.17) is 4.74 Å². The van der Waals surface area contributed by atoms with Crippen molar-refractivity contribution >= 4 is 6.09 Å². The Bertz CT molecular complexity index is 402. The Labute approximate surface area is 168 Å². The lowest BCUT2D eigenvalue weighted by molar-refractivity contribution is 0.0852. The highest BCUT2D eigenvalue weighted by atomic mass is 16.6. The van der Waals surface area contributed by atoms with E-state index in [9.17, 15) is 4.79 Å². The number of imidazole rings is 1. The summed E-state index contributed by atoms with van der Waals surface area (Å²) in [6.07, 6.45) is 21.8. The van der Waals surface area contributed by atoms with Crippen molar-refractivity contribution < 1.29 is 9.53 Å². The van der Waals surface area contributed by atoms with E-state index in [1.165, 1.54) is 75.1 Å². The van der Waals surface area contributed by atoms with Crippen molar-refractivity contribution in [1.82, 2.24) is 9.55 Å². The monoisotopic (exact) mass is 380 g/mol. The molecule has 0 amide bonds. The van der Waals surface area contributed by atoms with Gasteiger partial charge in [-0.05, 0) is 25.7 Å². The van der Waals surface area contributed by atoms with Crippen LogP contribution in [0.25, 0.3) is 0 Å². The van der Waals surface area contributed by atoms with Crippen molar-refractivity contribution in [2.24, 2.45) is 0 Å². The molecule has 4 heteroatoms. The summed E-state index contributed by atoms with van der Waals surface area (Å²) in [7, 11) is 0. The predicted molar refractivity (Wildman–Crippen MR) is 115 cm³/mol. The van der Waals surface area contributed by atoms with Crippen LogP contribution >= 0.6 is 0 Å². The van der Waals surface area contributed by atoms with Crippen molar-refractivity contribution in [3.8, 4) is 0 Å². The molecule has 1 aromatic heterocycles. The second kappa shape index (κ2) is 19.4. The van der Waals surface area contributed by atoms with E-state index in [0.29, 0.717) is 0 Å². The van der Waals surface area contributed by atoms with Crippen LogP contribution in [0.5, 0.6) is 0 Å². The number of carbonyl (C=O) groups is 1. The summed E-state index contributed by atoms with van der Waals surface area (Å²) < 4.78 is 7.16. The van der Waals surface area contributed by atoms with Crippen LogP contribution in [0.15, 0.2) is 18.7 Å². The van der Waals surface area contributed by atoms with Crippen LogP contribution in [-0.4, -0.2) is 21.7 Å². The molecule has 0 fully saturated rings. The van der Waals surface area contributed by atoms with E-state index in [1.54, 1.807) is 12.4 Å². The molecule has 0 unspecified atom stereocenters. The zero-order valence-electron chi connectivity index (χ0n) is 18.4. The molecule has 0 saturated carbocycles. The van der Waals surface area contributed by atoms with Crippen molar-refractivity contribution in [2.75, 3.05) is 0 Å². The first-order valence-corrected chi connectivity index (χ1v) is 11.5. The molecule has 0 atom stereocenters. The minimum atomic E-state index is -0.292. The first-order valence-electron chi connectivity index (χ1n) is 11.5. The Hall–Kier alpha value is -1.32. The summed E-state index contributed by atoms with van der Waals surface area (Å²) in [5.41, 5.74) is 0. The van der Waals surface area contributed by atoms with Crippen LogP contribution in [0.2, 0.25) is 0 Å². The smallest absolute Gasteiger partial charge is 0.419 e. The van der Waals surface area contributed by atoms with Crippen molar-refractivity contribution in [1.29, 1.82) is 0 Å². The van der Waals surface area contributed by atoms with Gasteiger partial charge in [0.1, 0.15) is 12.4 Å². The number of hydrogen-bond donors (Lipinski definition) is 0. The van der Waals surface area contributed by atoms with Gasteiger partial charge in [0.25, 0.3) is 0 Å². The van der Waals surface area contributed by atoms with Gasteiger partial charge < -0.3 is 4.74 Å². The Morgan fingerprint density at radius 3 is 1.78 bits per heavy atom. The third kappa shape index (κ3) is 14.4. The molecule has 1 rings (SSSR count). The quantitative estimate of drug-likeness (QED) is 0.292. The molecule has 0 aliphatic rings. The van der Waals surface area contributed by atoms with E-state index in [0.717, 1.165) is 25.7 Å². The molecule has 1 aromatic rings. The van der Waals surface area contributed by atoms with E-state index in [-0.39, 0.29) is 12.2 Å². The fourth-order valence-corrected chi connectivity index (χ4v) is 3.14. The van der Waals surface area contributed by atoms with E-state index >= 15 is 0 Å². The first kappa shape index (κ1) is 25.7. The van der Waals surface area contributed by atoms with E-state index < -0.39 is 0 Å². The van der Waals surface area contributed by atoms with Gasteiger partial charge in [0.15, 0.2) is 0 Å². The number of aromatic nitrogens is 2. The number of carbonyl (C=O) groups excluding carboxylic acids is 1. The summed E-state index contributed by atoms with van der Waals surface area (Å²) in [6.45, 7) is 8.48. The summed E-state index contributed by atoms with van der Waals surface area (Å²) in [4.78, 5) is 16.1. The molecule has 0 bridgehead atoms. The molecular formula is C23H44N2O2. The summed E-state index contributed by atoms with van der Waals surface area (Å²) in [5.74, 6) is 0. The number of unbranched alkanes of at least 4 members (excludes halogenated alkanes) is 10. The molecule has 0 spiro atoms. The van der Waals surface area contributed by atoms with Gasteiger partial charge in [0.2, 0.25) is 0 Å². The van der Waals surface area contributed by atoms with Gasteiger partial charge in [-0.3, -0.25) is 0 Å². The van der Waals surface area contributed by atoms with Gasteiger partial charge in [0, 0.05) is 12.4 Å². The van der Waals surface area contributed by atoms with Gasteiger partial charge in [0.05, 0.1) is 0 Å². The highest BCUT2D eigenvalue weighted by Gasteiger charge is 2.15. The second-order valence-electron chi connectivity index (χ2n) is 7.09. The zero-order valence-corrected chi connectivity index (χ0v) is 18.4. The third-order valence-corrected chi connectivity index (χ3v) is 4.74. The fourth-order valence-electron chi connectivity index (χ4n) is 3.14. The third-order valence-electron chi connectivity index (χ3n) is 4.74. The number of nitrogens with zero attached hydrogens (tertiary/aromatic N) is 2. The molecule has 0 N–H and O–H groups in total. The molecule has 158 valence electrons. The lowest BCUT2D eigenvalue weighted by Gasteiger charge is -2.18. The topological polar surface area (TPSA) is 44.1 Å². The maximum absolute atomic E-state index is 12.2. The van der Waals surface area contributed by atoms with E-state index in [1.807, 2.05) is 13.8 Å². The molecule has 27 heavy (non-hydrogen) atoms. The first-order chi connectivity index (χ1) is 13.3. The van der Waals surface area contributed by atoms with Gasteiger partial charge in [-0.25, -0.2) is 14.3 Å². The number of rotatable bonds is 15. The summed E-state index contributed by atoms with van der Waals surface area (Å²) in [5, 5.41) is 0. The molecule has 0 aromatic carbocycles. The number of ether oxygens (including phenoxy) is 1. The Kier molecular flexibility index (Phi) is 18.5. The van der Waals surface area contributed by atoms with Crippen LogP contribution < -0.4 is 0 Å². The highest BCUT2D eigenvalue weighted by Crippen LogP contribution is 2.17. The minimum Gasteiger partial charge on any atom is -0.446 e. The van der Waals surface area contributed by atoms with Crippen LogP contribution in [-0.2, 0) is 4.74 Å². The standard InChI is InChI=1S/C21H38N2O2.C2H6/c1-3-5-7-9-11-13-15-20(16-14-12-10-8-6-4-2)25-21(24)23-18-17-22-19-23;1-2/h17-20H,3-16H2,1-2H3;1-2H3. The zero-order chi connectivity index (χ0) is 20.2. The van der Waals surface area contributed by atoms with Crippen LogP contribution in [0.1, 0.15) is 118 Å². The highest BCUT2D eigenvalue weighted by molar-refractivity contribution is 5.70. The largest absolute Gasteiger partial charge is 0.446 e. The molecule has 0 aliphatic carbocycles. The second-order valence-corrected chi connectivity index (χ2v) is 7.09. The molecule has 1 heterocycles. The summed E-state index contributed by atoms with van der Waals surface area (Å²) >= 11 is 0. The summed E-state index contributed by atoms with van der Waals surface area (Å²) in [6, 6.07) is 0. The van der Waals surface area contributed by atoms with Gasteiger partial charge >= 0.3 is 6.09 Å². The van der Waals surface area contributed by atoms with Crippen LogP contribution in [0.3, 0.4) is 0 Å². The molecule has 0 saturated heterocycles. The fraction of sp³-hybridized carbons (Fsp3) is 0.826. The minimum absolute atomic E-state index is 0.0484. The van der Waals surface area contributed by atoms with Crippen LogP contribution in [0, 0.1) is 0 Å². The maximum Gasteiger partial charge on any atom is 0.419 e. The Morgan fingerprint density at radius 1 is 0.852 bits per heavy atom. The average molecular weight is 381 g/mol. The van der Waals surface area contributed by atoms with Crippen molar-refractivity contribution in [2.45, 2.75) is 124 Å². The average Bonchev–Trinajstić information content (AvgIpc) is 3.23. The van der Waals surface area contributed by atoms with E-state index in [2.05, 4.69) is 18.8 Å². The Balaban J connectivity index is 0.00000326. The molecule has 0 aliphatic heterocycles. The lowest BCUT2D eigenvalue weighted by Crippen LogP contribution is -2.21. The molecular weight excluding hydrogens is 336 g/mol. The number of hydrogen-bond acceptors (Lipinski definition) is 3. The Morgan fingerprint density at radius 2 is 1.33 bits per heavy atom. The normalized spacial score (nSPS) is 10.6. The van der Waals surface area contributed by atoms with Crippen molar-refractivity contribution in [3.05, 3.63) is 18.7 Å². The predicted octanol–water partition coefficient (Wildman–Crippen LogP) is 7.76. The van der Waals surface area contributed by atoms with Crippen LogP contribution in [0.4, 0.5) is 4.79 Å². The van der Waals surface area contributed by atoms with Gasteiger partial charge in [-0.2, -0.15) is 0 Å². The lowest BCUT2D eigenvalue weighted by atomic mass is 10.0. The van der Waals surface area contributed by atoms with Crippen molar-refractivity contribution in [3.63, 3.8) is 0 Å². The van der Waals surface area contributed by atoms with Gasteiger partial charge in [-0.15, -0.1) is 0 Å². The van der Waals surface area contributed by atoms with Gasteiger partial charge in [-0.1, -0.05) is 91.9 Å². The molecule has 4 nitrogen and oxygen atoms in total. The SMILES string of the molecule is CC.CCCCCCCCC(CCCCCCCC)OC(=O)n1ccnc1. The molecule has 0 radical (unpaired) electrons. The maximum atomic E-state index is 12.2.